The van der Waals surface area contributed by atoms with Gasteiger partial charge in [-0.15, -0.1) is 0 Å². The van der Waals surface area contributed by atoms with E-state index >= 15 is 0 Å². The minimum atomic E-state index is -0.937. The molecule has 0 unspecified atom stereocenters. The number of amides is 1. The van der Waals surface area contributed by atoms with Crippen LogP contribution in [0, 0.1) is 25.5 Å². The average molecular weight is 483 g/mol. The van der Waals surface area contributed by atoms with Crippen molar-refractivity contribution < 1.29 is 27.9 Å². The van der Waals surface area contributed by atoms with Crippen LogP contribution in [0.5, 0.6) is 0 Å². The number of esters is 1. The first-order valence-corrected chi connectivity index (χ1v) is 11.2. The largest absolute Gasteiger partial charge is 0.464 e. The predicted molar refractivity (Wildman–Crippen MR) is 127 cm³/mol. The van der Waals surface area contributed by atoms with Gasteiger partial charge in [0.05, 0.1) is 13.2 Å². The highest BCUT2D eigenvalue weighted by Gasteiger charge is 2.33. The SMILES string of the molecule is CCn1c(C)c(C(=O)[C@@H](C)N(Cc2ccc(F)cc2)C(=O)c2ccc(F)cc2)c(C)c1C(=O)OC. The van der Waals surface area contributed by atoms with Crippen molar-refractivity contribution in [3.63, 3.8) is 0 Å². The number of rotatable bonds is 8. The van der Waals surface area contributed by atoms with E-state index in [0.717, 1.165) is 0 Å². The van der Waals surface area contributed by atoms with E-state index in [0.29, 0.717) is 28.9 Å². The smallest absolute Gasteiger partial charge is 0.354 e. The number of hydrogen-bond donors (Lipinski definition) is 0. The fraction of sp³-hybridized carbons (Fsp3) is 0.296. The maximum atomic E-state index is 13.8. The van der Waals surface area contributed by atoms with E-state index in [1.807, 2.05) is 6.92 Å². The number of hydrogen-bond acceptors (Lipinski definition) is 4. The van der Waals surface area contributed by atoms with E-state index in [1.54, 1.807) is 25.3 Å². The second kappa shape index (κ2) is 10.6. The number of carbonyl (C=O) groups is 3. The topological polar surface area (TPSA) is 68.6 Å². The minimum absolute atomic E-state index is 0.0276. The van der Waals surface area contributed by atoms with Crippen molar-refractivity contribution >= 4 is 17.7 Å². The van der Waals surface area contributed by atoms with Crippen LogP contribution in [0.2, 0.25) is 0 Å². The molecule has 0 spiro atoms. The van der Waals surface area contributed by atoms with Gasteiger partial charge in [0.2, 0.25) is 0 Å². The maximum Gasteiger partial charge on any atom is 0.354 e. The molecule has 3 aromatic rings. The second-order valence-corrected chi connectivity index (χ2v) is 8.28. The predicted octanol–water partition coefficient (Wildman–Crippen LogP) is 5.10. The summed E-state index contributed by atoms with van der Waals surface area (Å²) in [5.41, 5.74) is 2.54. The number of Topliss-reactive ketones (excluding diaryl/α,β-unsaturated/α-hetero) is 1. The van der Waals surface area contributed by atoms with Gasteiger partial charge < -0.3 is 14.2 Å². The minimum Gasteiger partial charge on any atom is -0.464 e. The summed E-state index contributed by atoms with van der Waals surface area (Å²) >= 11 is 0. The molecule has 0 saturated heterocycles. The van der Waals surface area contributed by atoms with Crippen LogP contribution in [0.1, 0.15) is 61.9 Å². The molecule has 1 amide bonds. The molecule has 1 aromatic heterocycles. The summed E-state index contributed by atoms with van der Waals surface area (Å²) in [7, 11) is 1.28. The maximum absolute atomic E-state index is 13.8. The molecule has 0 fully saturated rings. The molecule has 0 aliphatic carbocycles. The summed E-state index contributed by atoms with van der Waals surface area (Å²) < 4.78 is 33.5. The fourth-order valence-electron chi connectivity index (χ4n) is 4.29. The summed E-state index contributed by atoms with van der Waals surface area (Å²) in [5, 5.41) is 0. The van der Waals surface area contributed by atoms with Crippen LogP contribution in [-0.2, 0) is 17.8 Å². The molecular formula is C27H28F2N2O4. The molecule has 1 atom stereocenters. The van der Waals surface area contributed by atoms with Gasteiger partial charge in [-0.25, -0.2) is 13.6 Å². The zero-order valence-corrected chi connectivity index (χ0v) is 20.4. The van der Waals surface area contributed by atoms with Crippen molar-refractivity contribution in [1.82, 2.24) is 9.47 Å². The highest BCUT2D eigenvalue weighted by atomic mass is 19.1. The van der Waals surface area contributed by atoms with E-state index in [1.165, 1.54) is 60.5 Å². The average Bonchev–Trinajstić information content (AvgIpc) is 3.11. The lowest BCUT2D eigenvalue weighted by molar-refractivity contribution is 0.0586. The first-order valence-electron chi connectivity index (χ1n) is 11.2. The molecule has 0 N–H and O–H groups in total. The molecule has 3 rings (SSSR count). The van der Waals surface area contributed by atoms with Gasteiger partial charge in [-0.3, -0.25) is 9.59 Å². The molecule has 1 heterocycles. The molecule has 2 aromatic carbocycles. The van der Waals surface area contributed by atoms with E-state index in [2.05, 4.69) is 0 Å². The summed E-state index contributed by atoms with van der Waals surface area (Å²) in [4.78, 5) is 41.0. The second-order valence-electron chi connectivity index (χ2n) is 8.28. The van der Waals surface area contributed by atoms with Crippen LogP contribution in [0.4, 0.5) is 8.78 Å². The summed E-state index contributed by atoms with van der Waals surface area (Å²) in [6.45, 7) is 7.36. The van der Waals surface area contributed by atoms with Crippen molar-refractivity contribution in [1.29, 1.82) is 0 Å². The van der Waals surface area contributed by atoms with E-state index < -0.39 is 29.6 Å². The van der Waals surface area contributed by atoms with Crippen LogP contribution in [0.3, 0.4) is 0 Å². The molecule has 35 heavy (non-hydrogen) atoms. The van der Waals surface area contributed by atoms with Gasteiger partial charge in [-0.05, 0) is 75.2 Å². The quantitative estimate of drug-likeness (QED) is 0.331. The van der Waals surface area contributed by atoms with Gasteiger partial charge >= 0.3 is 5.97 Å². The van der Waals surface area contributed by atoms with Crippen LogP contribution in [0.25, 0.3) is 0 Å². The van der Waals surface area contributed by atoms with Crippen molar-refractivity contribution in [2.45, 2.75) is 46.8 Å². The van der Waals surface area contributed by atoms with Crippen LogP contribution >= 0.6 is 0 Å². The van der Waals surface area contributed by atoms with Crippen molar-refractivity contribution in [3.8, 4) is 0 Å². The van der Waals surface area contributed by atoms with Gasteiger partial charge in [0, 0.05) is 29.9 Å². The van der Waals surface area contributed by atoms with Crippen LogP contribution in [0.15, 0.2) is 48.5 Å². The number of ketones is 1. The van der Waals surface area contributed by atoms with Gasteiger partial charge in [-0.1, -0.05) is 12.1 Å². The Morgan fingerprint density at radius 1 is 0.971 bits per heavy atom. The zero-order chi connectivity index (χ0) is 25.9. The number of methoxy groups -OCH3 is 1. The molecule has 184 valence electrons. The number of ether oxygens (including phenoxy) is 1. The van der Waals surface area contributed by atoms with E-state index in [4.69, 9.17) is 4.74 Å². The molecule has 0 saturated carbocycles. The fourth-order valence-corrected chi connectivity index (χ4v) is 4.29. The van der Waals surface area contributed by atoms with Gasteiger partial charge in [-0.2, -0.15) is 0 Å². The highest BCUT2D eigenvalue weighted by Crippen LogP contribution is 2.27. The standard InChI is InChI=1S/C27H28F2N2O4/c1-6-30-17(3)23(16(2)24(30)27(34)35-5)25(32)18(4)31(15-19-7-11-21(28)12-8-19)26(33)20-9-13-22(29)14-10-20/h7-14,18H,6,15H2,1-5H3/t18-/m1/s1. The normalized spacial score (nSPS) is 11.7. The third kappa shape index (κ3) is 5.16. The molecule has 0 aliphatic heterocycles. The Bertz CT molecular complexity index is 1250. The lowest BCUT2D eigenvalue weighted by atomic mass is 9.98. The van der Waals surface area contributed by atoms with Gasteiger partial charge in [0.1, 0.15) is 17.3 Å². The number of carbonyl (C=O) groups excluding carboxylic acids is 3. The van der Waals surface area contributed by atoms with Crippen LogP contribution < -0.4 is 0 Å². The Morgan fingerprint density at radius 2 is 1.51 bits per heavy atom. The Labute approximate surface area is 203 Å². The van der Waals surface area contributed by atoms with Crippen molar-refractivity contribution in [3.05, 3.63) is 93.8 Å². The number of benzene rings is 2. The molecule has 6 nitrogen and oxygen atoms in total. The molecular weight excluding hydrogens is 454 g/mol. The molecule has 8 heteroatoms. The van der Waals surface area contributed by atoms with Crippen LogP contribution in [-0.4, -0.2) is 40.3 Å². The third-order valence-electron chi connectivity index (χ3n) is 6.17. The summed E-state index contributed by atoms with van der Waals surface area (Å²) in [5.74, 6) is -2.29. The molecule has 0 bridgehead atoms. The van der Waals surface area contributed by atoms with Crippen molar-refractivity contribution in [2.75, 3.05) is 7.11 Å². The lowest BCUT2D eigenvalue weighted by Crippen LogP contribution is -2.43. The van der Waals surface area contributed by atoms with Gasteiger partial charge in [0.15, 0.2) is 5.78 Å². The summed E-state index contributed by atoms with van der Waals surface area (Å²) in [6.07, 6.45) is 0. The Kier molecular flexibility index (Phi) is 7.84. The first-order chi connectivity index (χ1) is 16.6. The molecule has 0 radical (unpaired) electrons. The van der Waals surface area contributed by atoms with Crippen molar-refractivity contribution in [2.24, 2.45) is 0 Å². The monoisotopic (exact) mass is 482 g/mol. The Hall–Kier alpha value is -3.81. The summed E-state index contributed by atoms with van der Waals surface area (Å²) in [6, 6.07) is 9.75. The Balaban J connectivity index is 2.06. The Morgan fingerprint density at radius 3 is 2.03 bits per heavy atom. The highest BCUT2D eigenvalue weighted by molar-refractivity contribution is 6.07. The van der Waals surface area contributed by atoms with E-state index in [9.17, 15) is 23.2 Å². The lowest BCUT2D eigenvalue weighted by Gasteiger charge is -2.29. The number of nitrogens with zero attached hydrogens (tertiary/aromatic N) is 2. The van der Waals surface area contributed by atoms with Gasteiger partial charge in [0.25, 0.3) is 5.91 Å². The first kappa shape index (κ1) is 25.8. The zero-order valence-electron chi connectivity index (χ0n) is 20.4. The number of aromatic nitrogens is 1. The molecule has 0 aliphatic rings. The van der Waals surface area contributed by atoms with E-state index in [-0.39, 0.29) is 23.6 Å². The number of halogens is 2. The third-order valence-corrected chi connectivity index (χ3v) is 6.17.